The van der Waals surface area contributed by atoms with E-state index in [1.165, 1.54) is 0 Å². The maximum atomic E-state index is 8.79. The van der Waals surface area contributed by atoms with Crippen molar-refractivity contribution < 1.29 is 0 Å². The van der Waals surface area contributed by atoms with Gasteiger partial charge in [0, 0.05) is 17.3 Å². The molecule has 0 saturated carbocycles. The first kappa shape index (κ1) is 17.0. The maximum absolute atomic E-state index is 8.79. The number of rotatable bonds is 4. The predicted molar refractivity (Wildman–Crippen MR) is 106 cm³/mol. The van der Waals surface area contributed by atoms with E-state index in [4.69, 9.17) is 10.5 Å². The highest BCUT2D eigenvalue weighted by Crippen LogP contribution is 2.28. The molecule has 0 aliphatic carbocycles. The summed E-state index contributed by atoms with van der Waals surface area (Å²) in [6, 6.07) is 22.8. The third-order valence-corrected chi connectivity index (χ3v) is 4.15. The minimum Gasteiger partial charge on any atom is -0.276 e. The van der Waals surface area contributed by atoms with Gasteiger partial charge in [-0.3, -0.25) is 5.43 Å². The zero-order valence-electron chi connectivity index (χ0n) is 14.6. The van der Waals surface area contributed by atoms with E-state index in [0.29, 0.717) is 5.69 Å². The zero-order chi connectivity index (χ0) is 19.3. The van der Waals surface area contributed by atoms with Gasteiger partial charge in [-0.2, -0.15) is 20.7 Å². The van der Waals surface area contributed by atoms with E-state index in [1.54, 1.807) is 35.1 Å². The molecule has 0 saturated heterocycles. The Balaban J connectivity index is 1.76. The Morgan fingerprint density at radius 2 is 1.75 bits per heavy atom. The summed E-state index contributed by atoms with van der Waals surface area (Å²) < 4.78 is 1.79. The Labute approximate surface area is 160 Å². The first-order valence-electron chi connectivity index (χ1n) is 8.42. The summed E-state index contributed by atoms with van der Waals surface area (Å²) >= 11 is 0. The molecule has 4 aromatic rings. The van der Waals surface area contributed by atoms with Gasteiger partial charge in [-0.25, -0.2) is 9.50 Å². The monoisotopic (exact) mass is 363 g/mol. The van der Waals surface area contributed by atoms with E-state index >= 15 is 0 Å². The lowest BCUT2D eigenvalue weighted by Gasteiger charge is -2.07. The minimum absolute atomic E-state index is 0.240. The summed E-state index contributed by atoms with van der Waals surface area (Å²) in [5, 5.41) is 25.9. The molecule has 0 bridgehead atoms. The molecular weight excluding hydrogens is 350 g/mol. The van der Waals surface area contributed by atoms with Crippen LogP contribution in [0.2, 0.25) is 0 Å². The smallest absolute Gasteiger partial charge is 0.237 e. The van der Waals surface area contributed by atoms with Gasteiger partial charge in [-0.1, -0.05) is 42.5 Å². The van der Waals surface area contributed by atoms with Gasteiger partial charge >= 0.3 is 0 Å². The van der Waals surface area contributed by atoms with E-state index in [-0.39, 0.29) is 5.71 Å². The number of nitriles is 2. The standard InChI is InChI=1S/C21H13N7/c22-12-18(13-23)27-26-17-8-4-7-16(11-17)20-9-10-24-21-19(14-25-28(20)21)15-5-2-1-3-6-15/h1-11,14,26H. The molecule has 28 heavy (non-hydrogen) atoms. The van der Waals surface area contributed by atoms with Crippen molar-refractivity contribution in [3.8, 4) is 34.5 Å². The van der Waals surface area contributed by atoms with Crippen LogP contribution in [0.3, 0.4) is 0 Å². The molecule has 2 aromatic heterocycles. The first-order chi connectivity index (χ1) is 13.8. The molecule has 2 heterocycles. The van der Waals surface area contributed by atoms with Crippen LogP contribution in [0, 0.1) is 22.7 Å². The largest absolute Gasteiger partial charge is 0.276 e. The highest BCUT2D eigenvalue weighted by Gasteiger charge is 2.11. The van der Waals surface area contributed by atoms with E-state index in [0.717, 1.165) is 28.0 Å². The van der Waals surface area contributed by atoms with Gasteiger partial charge in [0.25, 0.3) is 0 Å². The third-order valence-electron chi connectivity index (χ3n) is 4.15. The molecule has 0 spiro atoms. The Kier molecular flexibility index (Phi) is 4.48. The predicted octanol–water partition coefficient (Wildman–Crippen LogP) is 3.88. The van der Waals surface area contributed by atoms with E-state index in [2.05, 4.69) is 20.6 Å². The van der Waals surface area contributed by atoms with E-state index in [1.807, 2.05) is 54.6 Å². The lowest BCUT2D eigenvalue weighted by atomic mass is 10.1. The van der Waals surface area contributed by atoms with Crippen LogP contribution < -0.4 is 5.43 Å². The van der Waals surface area contributed by atoms with Crippen LogP contribution in [0.4, 0.5) is 5.69 Å². The third kappa shape index (κ3) is 3.16. The van der Waals surface area contributed by atoms with Gasteiger partial charge in [-0.05, 0) is 23.8 Å². The summed E-state index contributed by atoms with van der Waals surface area (Å²) in [6.07, 6.45) is 3.56. The second-order valence-corrected chi connectivity index (χ2v) is 5.87. The fraction of sp³-hybridized carbons (Fsp3) is 0. The number of nitrogens with zero attached hydrogens (tertiary/aromatic N) is 6. The summed E-state index contributed by atoms with van der Waals surface area (Å²) in [4.78, 5) is 4.50. The SMILES string of the molecule is N#CC(C#N)=NNc1cccc(-c2ccnc3c(-c4ccccc4)cnn23)c1. The van der Waals surface area contributed by atoms with Gasteiger partial charge in [0.2, 0.25) is 5.71 Å². The number of anilines is 1. The van der Waals surface area contributed by atoms with Crippen LogP contribution in [-0.2, 0) is 0 Å². The molecule has 0 aliphatic rings. The van der Waals surface area contributed by atoms with Crippen LogP contribution in [0.1, 0.15) is 0 Å². The Bertz CT molecular complexity index is 1240. The van der Waals surface area contributed by atoms with E-state index in [9.17, 15) is 0 Å². The second kappa shape index (κ2) is 7.40. The highest BCUT2D eigenvalue weighted by atomic mass is 15.3. The molecule has 0 atom stereocenters. The summed E-state index contributed by atoms with van der Waals surface area (Å²) in [5.41, 5.74) is 7.67. The fourth-order valence-electron chi connectivity index (χ4n) is 2.87. The molecule has 0 radical (unpaired) electrons. The van der Waals surface area contributed by atoms with Crippen molar-refractivity contribution in [3.05, 3.63) is 73.1 Å². The molecule has 0 unspecified atom stereocenters. The molecule has 1 N–H and O–H groups in total. The zero-order valence-corrected chi connectivity index (χ0v) is 14.6. The highest BCUT2D eigenvalue weighted by molar-refractivity contribution is 6.10. The molecule has 0 amide bonds. The van der Waals surface area contributed by atoms with Crippen LogP contribution in [0.15, 0.2) is 78.2 Å². The number of benzene rings is 2. The molecule has 7 heteroatoms. The summed E-state index contributed by atoms with van der Waals surface area (Å²) in [7, 11) is 0. The molecule has 7 nitrogen and oxygen atoms in total. The van der Waals surface area contributed by atoms with Gasteiger partial charge in [0.1, 0.15) is 12.1 Å². The summed E-state index contributed by atoms with van der Waals surface area (Å²) in [6.45, 7) is 0. The molecule has 132 valence electrons. The second-order valence-electron chi connectivity index (χ2n) is 5.87. The lowest BCUT2D eigenvalue weighted by molar-refractivity contribution is 0.948. The minimum atomic E-state index is -0.240. The maximum Gasteiger partial charge on any atom is 0.237 e. The van der Waals surface area contributed by atoms with Crippen LogP contribution in [0.5, 0.6) is 0 Å². The average Bonchev–Trinajstić information content (AvgIpc) is 3.19. The number of hydrogen-bond donors (Lipinski definition) is 1. The summed E-state index contributed by atoms with van der Waals surface area (Å²) in [5.74, 6) is 0. The van der Waals surface area contributed by atoms with Gasteiger partial charge in [0.15, 0.2) is 5.65 Å². The van der Waals surface area contributed by atoms with Crippen LogP contribution >= 0.6 is 0 Å². The van der Waals surface area contributed by atoms with Crippen LogP contribution in [0.25, 0.3) is 28.0 Å². The van der Waals surface area contributed by atoms with E-state index < -0.39 is 0 Å². The number of fused-ring (bicyclic) bond motifs is 1. The fourth-order valence-corrected chi connectivity index (χ4v) is 2.87. The van der Waals surface area contributed by atoms with Crippen molar-refractivity contribution in [2.75, 3.05) is 5.43 Å². The van der Waals surface area contributed by atoms with Crippen molar-refractivity contribution in [1.29, 1.82) is 10.5 Å². The Morgan fingerprint density at radius 3 is 2.54 bits per heavy atom. The first-order valence-corrected chi connectivity index (χ1v) is 8.42. The topological polar surface area (TPSA) is 102 Å². The van der Waals surface area contributed by atoms with Crippen molar-refractivity contribution in [2.24, 2.45) is 5.10 Å². The molecular formula is C21H13N7. The van der Waals surface area contributed by atoms with Crippen molar-refractivity contribution in [1.82, 2.24) is 14.6 Å². The normalized spacial score (nSPS) is 10.1. The quantitative estimate of drug-likeness (QED) is 0.438. The Morgan fingerprint density at radius 1 is 0.964 bits per heavy atom. The lowest BCUT2D eigenvalue weighted by Crippen LogP contribution is -1.98. The van der Waals surface area contributed by atoms with Gasteiger partial charge < -0.3 is 0 Å². The van der Waals surface area contributed by atoms with Gasteiger partial charge in [-0.15, -0.1) is 0 Å². The average molecular weight is 363 g/mol. The molecule has 2 aromatic carbocycles. The number of aromatic nitrogens is 3. The molecule has 0 fully saturated rings. The number of hydrazone groups is 1. The number of hydrogen-bond acceptors (Lipinski definition) is 6. The van der Waals surface area contributed by atoms with Crippen LogP contribution in [-0.4, -0.2) is 20.3 Å². The van der Waals surface area contributed by atoms with Crippen molar-refractivity contribution >= 4 is 17.0 Å². The molecule has 0 aliphatic heterocycles. The Hall–Kier alpha value is -4.49. The molecule has 4 rings (SSSR count). The van der Waals surface area contributed by atoms with Gasteiger partial charge in [0.05, 0.1) is 17.6 Å². The van der Waals surface area contributed by atoms with Crippen molar-refractivity contribution in [3.63, 3.8) is 0 Å². The number of nitrogens with one attached hydrogen (secondary N) is 1. The van der Waals surface area contributed by atoms with Crippen molar-refractivity contribution in [2.45, 2.75) is 0 Å².